The van der Waals surface area contributed by atoms with Crippen molar-refractivity contribution in [1.82, 2.24) is 0 Å². The second kappa shape index (κ2) is 6.31. The number of methoxy groups -OCH3 is 3. The fourth-order valence-electron chi connectivity index (χ4n) is 2.07. The van der Waals surface area contributed by atoms with Gasteiger partial charge in [0.05, 0.1) is 21.3 Å². The van der Waals surface area contributed by atoms with Crippen molar-refractivity contribution in [2.45, 2.75) is 6.92 Å². The number of rotatable bonds is 5. The summed E-state index contributed by atoms with van der Waals surface area (Å²) in [6, 6.07) is 10.5. The van der Waals surface area contributed by atoms with E-state index in [0.29, 0.717) is 28.4 Å². The van der Waals surface area contributed by atoms with Crippen molar-refractivity contribution in [1.29, 1.82) is 0 Å². The quantitative estimate of drug-likeness (QED) is 0.791. The molecule has 0 atom stereocenters. The topological polar surface area (TPSA) is 44.8 Å². The third-order valence-electron chi connectivity index (χ3n) is 3.28. The zero-order chi connectivity index (χ0) is 15.4. The molecule has 2 aromatic carbocycles. The molecule has 0 fully saturated rings. The first-order valence-electron chi connectivity index (χ1n) is 6.51. The lowest BCUT2D eigenvalue weighted by Gasteiger charge is -2.10. The Bertz CT molecular complexity index is 640. The van der Waals surface area contributed by atoms with Gasteiger partial charge in [0, 0.05) is 17.2 Å². The SMILES string of the molecule is COc1cc(OC)cc(C(=O)c2ccc(C)c(OC)c2)c1. The van der Waals surface area contributed by atoms with E-state index in [2.05, 4.69) is 0 Å². The van der Waals surface area contributed by atoms with Crippen LogP contribution in [0.3, 0.4) is 0 Å². The molecule has 0 unspecified atom stereocenters. The summed E-state index contributed by atoms with van der Waals surface area (Å²) in [5, 5.41) is 0. The van der Waals surface area contributed by atoms with E-state index in [1.165, 1.54) is 0 Å². The number of carbonyl (C=O) groups excluding carboxylic acids is 1. The third-order valence-corrected chi connectivity index (χ3v) is 3.28. The highest BCUT2D eigenvalue weighted by atomic mass is 16.5. The standard InChI is InChI=1S/C17H18O4/c1-11-5-6-12(9-16(11)21-4)17(18)13-7-14(19-2)10-15(8-13)20-3/h5-10H,1-4H3. The zero-order valence-corrected chi connectivity index (χ0v) is 12.6. The van der Waals surface area contributed by atoms with Gasteiger partial charge in [-0.05, 0) is 30.7 Å². The Morgan fingerprint density at radius 2 is 1.43 bits per heavy atom. The van der Waals surface area contributed by atoms with Gasteiger partial charge in [-0.3, -0.25) is 4.79 Å². The van der Waals surface area contributed by atoms with Gasteiger partial charge in [0.25, 0.3) is 0 Å². The van der Waals surface area contributed by atoms with E-state index in [0.717, 1.165) is 5.56 Å². The molecule has 0 amide bonds. The molecule has 0 spiro atoms. The van der Waals surface area contributed by atoms with Crippen LogP contribution in [0.1, 0.15) is 21.5 Å². The van der Waals surface area contributed by atoms with Crippen LogP contribution >= 0.6 is 0 Å². The molecule has 4 nitrogen and oxygen atoms in total. The maximum atomic E-state index is 12.6. The van der Waals surface area contributed by atoms with Crippen LogP contribution in [-0.4, -0.2) is 27.1 Å². The minimum Gasteiger partial charge on any atom is -0.497 e. The van der Waals surface area contributed by atoms with Crippen LogP contribution in [0.4, 0.5) is 0 Å². The lowest BCUT2D eigenvalue weighted by molar-refractivity contribution is 0.103. The molecule has 2 rings (SSSR count). The van der Waals surface area contributed by atoms with Gasteiger partial charge < -0.3 is 14.2 Å². The molecule has 0 radical (unpaired) electrons. The Labute approximate surface area is 124 Å². The van der Waals surface area contributed by atoms with Gasteiger partial charge in [0.2, 0.25) is 0 Å². The van der Waals surface area contributed by atoms with Crippen LogP contribution in [0.25, 0.3) is 0 Å². The molecule has 0 N–H and O–H groups in total. The molecule has 0 aromatic heterocycles. The highest BCUT2D eigenvalue weighted by molar-refractivity contribution is 6.09. The van der Waals surface area contributed by atoms with Crippen molar-refractivity contribution in [2.24, 2.45) is 0 Å². The number of benzene rings is 2. The predicted octanol–water partition coefficient (Wildman–Crippen LogP) is 3.25. The minimum absolute atomic E-state index is 0.106. The Hall–Kier alpha value is -2.49. The van der Waals surface area contributed by atoms with Crippen LogP contribution in [0.15, 0.2) is 36.4 Å². The molecule has 0 aliphatic rings. The molecule has 0 bridgehead atoms. The maximum Gasteiger partial charge on any atom is 0.193 e. The summed E-state index contributed by atoms with van der Waals surface area (Å²) in [6.07, 6.45) is 0. The molecule has 0 aliphatic heterocycles. The summed E-state index contributed by atoms with van der Waals surface area (Å²) in [7, 11) is 4.70. The smallest absolute Gasteiger partial charge is 0.193 e. The monoisotopic (exact) mass is 286 g/mol. The highest BCUT2D eigenvalue weighted by Gasteiger charge is 2.13. The summed E-state index contributed by atoms with van der Waals surface area (Å²) in [6.45, 7) is 1.93. The van der Waals surface area contributed by atoms with Crippen molar-refractivity contribution in [3.8, 4) is 17.2 Å². The Balaban J connectivity index is 2.44. The summed E-state index contributed by atoms with van der Waals surface area (Å²) >= 11 is 0. The van der Waals surface area contributed by atoms with Gasteiger partial charge in [-0.2, -0.15) is 0 Å². The van der Waals surface area contributed by atoms with E-state index in [4.69, 9.17) is 14.2 Å². The van der Waals surface area contributed by atoms with Crippen molar-refractivity contribution < 1.29 is 19.0 Å². The molecule has 21 heavy (non-hydrogen) atoms. The number of carbonyl (C=O) groups is 1. The number of ketones is 1. The van der Waals surface area contributed by atoms with Crippen molar-refractivity contribution >= 4 is 5.78 Å². The second-order valence-electron chi connectivity index (χ2n) is 4.61. The van der Waals surface area contributed by atoms with E-state index in [9.17, 15) is 4.79 Å². The number of hydrogen-bond acceptors (Lipinski definition) is 4. The summed E-state index contributed by atoms with van der Waals surface area (Å²) in [5.74, 6) is 1.75. The first-order valence-corrected chi connectivity index (χ1v) is 6.51. The van der Waals surface area contributed by atoms with Gasteiger partial charge in [-0.25, -0.2) is 0 Å². The van der Waals surface area contributed by atoms with E-state index < -0.39 is 0 Å². The molecule has 0 aliphatic carbocycles. The molecule has 0 saturated heterocycles. The molecule has 4 heteroatoms. The van der Waals surface area contributed by atoms with Gasteiger partial charge in [-0.1, -0.05) is 12.1 Å². The maximum absolute atomic E-state index is 12.6. The van der Waals surface area contributed by atoms with Crippen LogP contribution in [0.5, 0.6) is 17.2 Å². The molecular weight excluding hydrogens is 268 g/mol. The van der Waals surface area contributed by atoms with Crippen molar-refractivity contribution in [2.75, 3.05) is 21.3 Å². The number of hydrogen-bond donors (Lipinski definition) is 0. The van der Waals surface area contributed by atoms with Gasteiger partial charge in [-0.15, -0.1) is 0 Å². The lowest BCUT2D eigenvalue weighted by Crippen LogP contribution is -2.03. The number of aryl methyl sites for hydroxylation is 1. The highest BCUT2D eigenvalue weighted by Crippen LogP contribution is 2.26. The average Bonchev–Trinajstić information content (AvgIpc) is 2.54. The Kier molecular flexibility index (Phi) is 4.48. The zero-order valence-electron chi connectivity index (χ0n) is 12.6. The van der Waals surface area contributed by atoms with Gasteiger partial charge >= 0.3 is 0 Å². The summed E-state index contributed by atoms with van der Waals surface area (Å²) in [5.41, 5.74) is 2.06. The molecule has 2 aromatic rings. The lowest BCUT2D eigenvalue weighted by atomic mass is 10.0. The fourth-order valence-corrected chi connectivity index (χ4v) is 2.07. The van der Waals surface area contributed by atoms with Gasteiger partial charge in [0.15, 0.2) is 5.78 Å². The molecule has 0 heterocycles. The largest absolute Gasteiger partial charge is 0.497 e. The van der Waals surface area contributed by atoms with Crippen molar-refractivity contribution in [3.05, 3.63) is 53.1 Å². The molecule has 110 valence electrons. The van der Waals surface area contributed by atoms with Crippen LogP contribution in [0.2, 0.25) is 0 Å². The first kappa shape index (κ1) is 14.9. The van der Waals surface area contributed by atoms with Crippen molar-refractivity contribution in [3.63, 3.8) is 0 Å². The first-order chi connectivity index (χ1) is 10.1. The second-order valence-corrected chi connectivity index (χ2v) is 4.61. The minimum atomic E-state index is -0.106. The molecular formula is C17H18O4. The van der Waals surface area contributed by atoms with Crippen LogP contribution in [0, 0.1) is 6.92 Å². The van der Waals surface area contributed by atoms with E-state index in [1.54, 1.807) is 51.7 Å². The predicted molar refractivity (Wildman–Crippen MR) is 80.7 cm³/mol. The van der Waals surface area contributed by atoms with E-state index in [-0.39, 0.29) is 5.78 Å². The Morgan fingerprint density at radius 3 is 1.95 bits per heavy atom. The van der Waals surface area contributed by atoms with Crippen LogP contribution < -0.4 is 14.2 Å². The third kappa shape index (κ3) is 3.16. The molecule has 0 saturated carbocycles. The van der Waals surface area contributed by atoms with Crippen LogP contribution in [-0.2, 0) is 0 Å². The summed E-state index contributed by atoms with van der Waals surface area (Å²) < 4.78 is 15.6. The average molecular weight is 286 g/mol. The Morgan fingerprint density at radius 1 is 0.810 bits per heavy atom. The normalized spacial score (nSPS) is 10.1. The van der Waals surface area contributed by atoms with E-state index >= 15 is 0 Å². The number of ether oxygens (including phenoxy) is 3. The summed E-state index contributed by atoms with van der Waals surface area (Å²) in [4.78, 5) is 12.6. The van der Waals surface area contributed by atoms with E-state index in [1.807, 2.05) is 13.0 Å². The van der Waals surface area contributed by atoms with Gasteiger partial charge in [0.1, 0.15) is 17.2 Å². The fraction of sp³-hybridized carbons (Fsp3) is 0.235.